The molecular formula is C46H47NO15. The van der Waals surface area contributed by atoms with E-state index in [2.05, 4.69) is 5.32 Å². The summed E-state index contributed by atoms with van der Waals surface area (Å²) in [4.78, 5) is 98.6. The van der Waals surface area contributed by atoms with Crippen LogP contribution in [0.3, 0.4) is 0 Å². The van der Waals surface area contributed by atoms with E-state index in [1.807, 2.05) is 0 Å². The third kappa shape index (κ3) is 6.13. The monoisotopic (exact) mass is 853 g/mol. The van der Waals surface area contributed by atoms with Gasteiger partial charge >= 0.3 is 23.9 Å². The van der Waals surface area contributed by atoms with Crippen LogP contribution in [0.5, 0.6) is 0 Å². The Kier molecular flexibility index (Phi) is 10.5. The molecular weight excluding hydrogens is 806 g/mol. The molecule has 62 heavy (non-hydrogen) atoms. The molecule has 5 aliphatic rings. The summed E-state index contributed by atoms with van der Waals surface area (Å²) in [5.41, 5.74) is -9.54. The lowest BCUT2D eigenvalue weighted by Gasteiger charge is -2.63. The van der Waals surface area contributed by atoms with Gasteiger partial charge in [-0.15, -0.1) is 0 Å². The maximum absolute atomic E-state index is 15.5. The molecule has 326 valence electrons. The van der Waals surface area contributed by atoms with Crippen molar-refractivity contribution in [3.05, 3.63) is 108 Å². The summed E-state index contributed by atoms with van der Waals surface area (Å²) in [6.07, 6.45) is -10.8. The van der Waals surface area contributed by atoms with Crippen LogP contribution >= 0.6 is 0 Å². The number of nitrogens with one attached hydrogen (secondary N) is 1. The summed E-state index contributed by atoms with van der Waals surface area (Å²) in [6, 6.07) is 22.7. The van der Waals surface area contributed by atoms with E-state index in [0.29, 0.717) is 5.56 Å². The molecule has 1 unspecified atom stereocenters. The van der Waals surface area contributed by atoms with Crippen molar-refractivity contribution in [2.24, 2.45) is 16.7 Å². The van der Waals surface area contributed by atoms with Crippen LogP contribution in [0, 0.1) is 16.7 Å². The number of aliphatic hydroxyl groups excluding tert-OH is 2. The van der Waals surface area contributed by atoms with Crippen molar-refractivity contribution in [1.82, 2.24) is 5.32 Å². The first-order valence-corrected chi connectivity index (χ1v) is 20.4. The van der Waals surface area contributed by atoms with Gasteiger partial charge in [0.05, 0.1) is 35.6 Å². The number of esters is 4. The zero-order valence-corrected chi connectivity index (χ0v) is 34.6. The highest BCUT2D eigenvalue weighted by Crippen LogP contribution is 2.77. The van der Waals surface area contributed by atoms with Gasteiger partial charge in [-0.25, -0.2) is 9.59 Å². The lowest BCUT2D eigenvalue weighted by atomic mass is 9.51. The number of fused-ring (bicyclic) bond motifs is 3. The Morgan fingerprint density at radius 3 is 1.95 bits per heavy atom. The number of ether oxygens (including phenoxy) is 6. The fourth-order valence-corrected chi connectivity index (χ4v) is 11.0. The number of carbonyl (C=O) groups excluding carboxylic acids is 7. The number of Topliss-reactive ketones (excluding diaryl/α,β-unsaturated/α-hetero) is 2. The molecule has 3 aliphatic carbocycles. The molecule has 1 amide bonds. The van der Waals surface area contributed by atoms with Gasteiger partial charge < -0.3 is 44.0 Å². The molecule has 2 heterocycles. The van der Waals surface area contributed by atoms with Gasteiger partial charge in [-0.05, 0) is 50.6 Å². The second-order valence-electron chi connectivity index (χ2n) is 17.2. The Morgan fingerprint density at radius 2 is 1.40 bits per heavy atom. The number of hydrogen-bond acceptors (Lipinski definition) is 15. The van der Waals surface area contributed by atoms with Gasteiger partial charge in [0.1, 0.15) is 35.1 Å². The van der Waals surface area contributed by atoms with E-state index in [-0.39, 0.29) is 24.2 Å². The van der Waals surface area contributed by atoms with Crippen molar-refractivity contribution in [3.8, 4) is 0 Å². The fraction of sp³-hybridized carbons (Fsp3) is 0.457. The Morgan fingerprint density at radius 1 is 0.806 bits per heavy atom. The number of epoxide rings is 1. The molecule has 16 heteroatoms. The van der Waals surface area contributed by atoms with Crippen LogP contribution in [-0.4, -0.2) is 112 Å². The second-order valence-corrected chi connectivity index (χ2v) is 17.2. The number of benzene rings is 3. The molecule has 3 aromatic carbocycles. The van der Waals surface area contributed by atoms with Crippen LogP contribution in [0.2, 0.25) is 0 Å². The molecule has 8 rings (SSSR count). The number of rotatable bonds is 11. The van der Waals surface area contributed by atoms with E-state index >= 15 is 4.79 Å². The molecule has 0 radical (unpaired) electrons. The van der Waals surface area contributed by atoms with Crippen molar-refractivity contribution in [3.63, 3.8) is 0 Å². The van der Waals surface area contributed by atoms with Gasteiger partial charge in [0.2, 0.25) is 0 Å². The number of ketones is 2. The molecule has 3 aromatic rings. The van der Waals surface area contributed by atoms with Crippen LogP contribution in [0.15, 0.2) is 91.0 Å². The molecule has 13 atom stereocenters. The summed E-state index contributed by atoms with van der Waals surface area (Å²) in [7, 11) is 0. The maximum Gasteiger partial charge on any atom is 0.338 e. The minimum absolute atomic E-state index is 0.0430. The van der Waals surface area contributed by atoms with Crippen LogP contribution in [-0.2, 0) is 52.4 Å². The average Bonchev–Trinajstić information content (AvgIpc) is 3.84. The van der Waals surface area contributed by atoms with Crippen LogP contribution in [0.4, 0.5) is 0 Å². The Bertz CT molecular complexity index is 2330. The largest absolute Gasteiger partial charge is 0.457 e. The van der Waals surface area contributed by atoms with E-state index in [4.69, 9.17) is 28.4 Å². The van der Waals surface area contributed by atoms with Crippen LogP contribution in [0.25, 0.3) is 0 Å². The SMILES string of the molecule is CC(=O)O[C@H]1C(=O)[C@@]2(C)C([C@H](OC(=O)c3ccccc3)[C@]3(C(C)=O)C[C@H](OC(=O)[C@H](O)[C@@H](NC(=O)c4ccccc4)c4ccccc4)[C@@]4(C)O[C@@]143)[C@]1(OC(C)=O)CO[C@@H]1C[C@@H]2O. The molecule has 2 saturated heterocycles. The van der Waals surface area contributed by atoms with Crippen LogP contribution in [0.1, 0.15) is 79.8 Å². The predicted molar refractivity (Wildman–Crippen MR) is 212 cm³/mol. The van der Waals surface area contributed by atoms with E-state index in [1.54, 1.807) is 78.9 Å². The topological polar surface area (TPSA) is 231 Å². The van der Waals surface area contributed by atoms with Gasteiger partial charge in [-0.1, -0.05) is 66.7 Å². The molecule has 3 N–H and O–H groups in total. The van der Waals surface area contributed by atoms with Crippen LogP contribution < -0.4 is 5.32 Å². The molecule has 3 saturated carbocycles. The molecule has 2 aliphatic heterocycles. The van der Waals surface area contributed by atoms with E-state index in [0.717, 1.165) is 13.8 Å². The lowest BCUT2D eigenvalue weighted by molar-refractivity contribution is -0.333. The van der Waals surface area contributed by atoms with Crippen molar-refractivity contribution < 1.29 is 72.2 Å². The number of hydrogen-bond donors (Lipinski definition) is 3. The number of aliphatic hydroxyl groups is 2. The van der Waals surface area contributed by atoms with E-state index < -0.39 is 124 Å². The third-order valence-electron chi connectivity index (χ3n) is 13.9. The predicted octanol–water partition coefficient (Wildman–Crippen LogP) is 2.77. The van der Waals surface area contributed by atoms with Crippen molar-refractivity contribution in [2.45, 2.75) is 107 Å². The van der Waals surface area contributed by atoms with Gasteiger partial charge in [0, 0.05) is 32.3 Å². The Labute approximate surface area is 356 Å². The van der Waals surface area contributed by atoms with Gasteiger partial charge in [0.15, 0.2) is 29.2 Å². The zero-order chi connectivity index (χ0) is 44.6. The molecule has 5 fully saturated rings. The highest BCUT2D eigenvalue weighted by atomic mass is 16.7. The normalized spacial score (nSPS) is 36.0. The van der Waals surface area contributed by atoms with Gasteiger partial charge in [-0.2, -0.15) is 0 Å². The average molecular weight is 854 g/mol. The van der Waals surface area contributed by atoms with Gasteiger partial charge in [0.25, 0.3) is 5.91 Å². The standard InChI is InChI=1S/C46H47NO15/c1-24(48)44-22-32(59-41(56)34(52)33(27-15-9-6-10-16-27)47-39(54)28-17-11-7-12-18-28)43(5)46(44,62-43)38(58-25(2)49)36(53)42(4)30(51)21-31-45(23-57-31,61-26(3)50)35(42)37(44)60-40(55)29-19-13-8-14-20-29/h6-20,30-35,37-38,51-52H,21-23H2,1-5H3,(H,47,54)/t30-,31+,32-,33-,34+,35?,37-,38-,42+,43+,44+,45-,46-/m0/s1. The number of amides is 1. The molecule has 0 aromatic heterocycles. The summed E-state index contributed by atoms with van der Waals surface area (Å²) in [6.45, 7) is 5.86. The van der Waals surface area contributed by atoms with E-state index in [1.165, 1.54) is 32.9 Å². The quantitative estimate of drug-likeness (QED) is 0.143. The minimum atomic E-state index is -2.25. The second kappa shape index (κ2) is 15.2. The summed E-state index contributed by atoms with van der Waals surface area (Å²) in [5.74, 6) is -7.79. The van der Waals surface area contributed by atoms with Crippen molar-refractivity contribution >= 4 is 41.4 Å². The van der Waals surface area contributed by atoms with Crippen molar-refractivity contribution in [1.29, 1.82) is 0 Å². The maximum atomic E-state index is 15.5. The highest BCUT2D eigenvalue weighted by Gasteiger charge is 2.96. The zero-order valence-electron chi connectivity index (χ0n) is 34.6. The fourth-order valence-electron chi connectivity index (χ4n) is 11.0. The highest BCUT2D eigenvalue weighted by molar-refractivity contribution is 5.99. The van der Waals surface area contributed by atoms with Gasteiger partial charge in [-0.3, -0.25) is 24.0 Å². The molecule has 0 bridgehead atoms. The third-order valence-corrected chi connectivity index (χ3v) is 13.9. The summed E-state index contributed by atoms with van der Waals surface area (Å²) < 4.78 is 36.9. The first-order chi connectivity index (χ1) is 29.4. The molecule has 16 nitrogen and oxygen atoms in total. The summed E-state index contributed by atoms with van der Waals surface area (Å²) >= 11 is 0. The minimum Gasteiger partial charge on any atom is -0.457 e. The van der Waals surface area contributed by atoms with E-state index in [9.17, 15) is 39.0 Å². The Hall–Kier alpha value is -5.81. The lowest BCUT2D eigenvalue weighted by Crippen LogP contribution is -2.78. The smallest absolute Gasteiger partial charge is 0.338 e. The first kappa shape index (κ1) is 42.9. The number of carbonyl (C=O) groups is 7. The summed E-state index contributed by atoms with van der Waals surface area (Å²) in [5, 5.41) is 26.5. The first-order valence-electron chi connectivity index (χ1n) is 20.4. The molecule has 1 spiro atoms. The Balaban J connectivity index is 1.27. The van der Waals surface area contributed by atoms with Crippen molar-refractivity contribution in [2.75, 3.05) is 6.61 Å².